The molecule has 3 heteroatoms. The lowest BCUT2D eigenvalue weighted by molar-refractivity contribution is 0.605. The molecule has 0 saturated heterocycles. The minimum atomic E-state index is 0.310. The molecule has 12 heavy (non-hydrogen) atoms. The molecule has 0 amide bonds. The van der Waals surface area contributed by atoms with Crippen LogP contribution in [0.1, 0.15) is 25.6 Å². The Balaban J connectivity index is 2.29. The molecule has 0 spiro atoms. The Morgan fingerprint density at radius 2 is 2.42 bits per heavy atom. The van der Waals surface area contributed by atoms with Crippen LogP contribution in [0, 0.1) is 0 Å². The number of aromatic nitrogens is 2. The number of nitrogens with zero attached hydrogens (tertiary/aromatic N) is 2. The fourth-order valence-corrected chi connectivity index (χ4v) is 1.22. The van der Waals surface area contributed by atoms with Crippen LogP contribution in [0.25, 0.3) is 0 Å². The van der Waals surface area contributed by atoms with Gasteiger partial charge >= 0.3 is 0 Å². The summed E-state index contributed by atoms with van der Waals surface area (Å²) in [6.07, 6.45) is 7.04. The highest BCUT2D eigenvalue weighted by Crippen LogP contribution is 2.02. The minimum absolute atomic E-state index is 0.310. The van der Waals surface area contributed by atoms with Gasteiger partial charge in [0.15, 0.2) is 0 Å². The molecule has 1 aromatic rings. The van der Waals surface area contributed by atoms with Crippen molar-refractivity contribution >= 4 is 0 Å². The van der Waals surface area contributed by atoms with Gasteiger partial charge in [-0.25, -0.2) is 4.98 Å². The van der Waals surface area contributed by atoms with Gasteiger partial charge in [-0.15, -0.1) is 0 Å². The van der Waals surface area contributed by atoms with E-state index in [2.05, 4.69) is 9.55 Å². The molecule has 2 N–H and O–H groups in total. The van der Waals surface area contributed by atoms with Crippen LogP contribution in [0.3, 0.4) is 0 Å². The van der Waals surface area contributed by atoms with Crippen molar-refractivity contribution < 1.29 is 0 Å². The van der Waals surface area contributed by atoms with Gasteiger partial charge in [-0.05, 0) is 19.8 Å². The van der Waals surface area contributed by atoms with E-state index in [-0.39, 0.29) is 0 Å². The Kier molecular flexibility index (Phi) is 3.29. The lowest BCUT2D eigenvalue weighted by Gasteiger charge is -2.04. The first kappa shape index (κ1) is 9.26. The summed E-state index contributed by atoms with van der Waals surface area (Å²) < 4.78 is 2.06. The maximum atomic E-state index is 5.64. The van der Waals surface area contributed by atoms with E-state index in [0.29, 0.717) is 6.04 Å². The molecule has 0 bridgehead atoms. The van der Waals surface area contributed by atoms with Crippen molar-refractivity contribution in [2.45, 2.75) is 32.2 Å². The summed E-state index contributed by atoms with van der Waals surface area (Å²) in [6.45, 7) is 2.04. The van der Waals surface area contributed by atoms with E-state index >= 15 is 0 Å². The zero-order valence-electron chi connectivity index (χ0n) is 7.83. The first-order chi connectivity index (χ1) is 5.70. The van der Waals surface area contributed by atoms with E-state index in [1.165, 1.54) is 0 Å². The van der Waals surface area contributed by atoms with Crippen LogP contribution in [0.5, 0.6) is 0 Å². The summed E-state index contributed by atoms with van der Waals surface area (Å²) in [5, 5.41) is 0. The van der Waals surface area contributed by atoms with Crippen LogP contribution >= 0.6 is 0 Å². The second-order valence-electron chi connectivity index (χ2n) is 3.32. The normalized spacial score (nSPS) is 13.2. The van der Waals surface area contributed by atoms with Crippen molar-refractivity contribution in [3.05, 3.63) is 18.2 Å². The minimum Gasteiger partial charge on any atom is -0.338 e. The smallest absolute Gasteiger partial charge is 0.108 e. The molecular weight excluding hydrogens is 150 g/mol. The number of rotatable bonds is 4. The van der Waals surface area contributed by atoms with Gasteiger partial charge in [0, 0.05) is 31.9 Å². The molecular formula is C9H17N3. The fourth-order valence-electron chi connectivity index (χ4n) is 1.22. The van der Waals surface area contributed by atoms with Crippen LogP contribution in [-0.2, 0) is 13.5 Å². The first-order valence-electron chi connectivity index (χ1n) is 4.42. The quantitative estimate of drug-likeness (QED) is 0.729. The average molecular weight is 167 g/mol. The molecule has 1 atom stereocenters. The number of imidazole rings is 1. The van der Waals surface area contributed by atoms with Gasteiger partial charge in [-0.3, -0.25) is 0 Å². The lowest BCUT2D eigenvalue weighted by atomic mass is 10.1. The Bertz CT molecular complexity index is 227. The molecule has 0 saturated carbocycles. The lowest BCUT2D eigenvalue weighted by Crippen LogP contribution is -2.14. The number of hydrogen-bond acceptors (Lipinski definition) is 2. The van der Waals surface area contributed by atoms with E-state index in [1.807, 2.05) is 26.4 Å². The monoisotopic (exact) mass is 167 g/mol. The van der Waals surface area contributed by atoms with Crippen LogP contribution in [0.4, 0.5) is 0 Å². The van der Waals surface area contributed by atoms with E-state index < -0.39 is 0 Å². The molecule has 1 aromatic heterocycles. The van der Waals surface area contributed by atoms with E-state index in [0.717, 1.165) is 25.1 Å². The Hall–Kier alpha value is -0.830. The molecule has 0 aliphatic rings. The third kappa shape index (κ3) is 2.66. The second-order valence-corrected chi connectivity index (χ2v) is 3.32. The largest absolute Gasteiger partial charge is 0.338 e. The average Bonchev–Trinajstić information content (AvgIpc) is 2.36. The molecule has 0 fully saturated rings. The van der Waals surface area contributed by atoms with Crippen molar-refractivity contribution in [3.63, 3.8) is 0 Å². The van der Waals surface area contributed by atoms with Crippen molar-refractivity contribution in [1.82, 2.24) is 9.55 Å². The standard InChI is InChI=1S/C9H17N3/c1-8(10)4-3-5-9-11-6-7-12(9)2/h6-8H,3-5,10H2,1-2H3. The second kappa shape index (κ2) is 4.26. The molecule has 1 unspecified atom stereocenters. The summed E-state index contributed by atoms with van der Waals surface area (Å²) in [5.74, 6) is 1.15. The summed E-state index contributed by atoms with van der Waals surface area (Å²) in [4.78, 5) is 4.23. The predicted octanol–water partition coefficient (Wildman–Crippen LogP) is 1.09. The maximum absolute atomic E-state index is 5.64. The third-order valence-corrected chi connectivity index (χ3v) is 1.98. The SMILES string of the molecule is CC(N)CCCc1nccn1C. The van der Waals surface area contributed by atoms with Gasteiger partial charge in [0.1, 0.15) is 5.82 Å². The highest BCUT2D eigenvalue weighted by molar-refractivity contribution is 4.90. The molecule has 0 aliphatic carbocycles. The van der Waals surface area contributed by atoms with Gasteiger partial charge in [0.2, 0.25) is 0 Å². The molecule has 0 aromatic carbocycles. The Morgan fingerprint density at radius 3 is 2.92 bits per heavy atom. The summed E-state index contributed by atoms with van der Waals surface area (Å²) in [6, 6.07) is 0.310. The van der Waals surface area contributed by atoms with Crippen LogP contribution in [0.2, 0.25) is 0 Å². The van der Waals surface area contributed by atoms with E-state index in [4.69, 9.17) is 5.73 Å². The number of nitrogens with two attached hydrogens (primary N) is 1. The molecule has 1 rings (SSSR count). The van der Waals surface area contributed by atoms with E-state index in [1.54, 1.807) is 0 Å². The van der Waals surface area contributed by atoms with Crippen LogP contribution < -0.4 is 5.73 Å². The van der Waals surface area contributed by atoms with Crippen molar-refractivity contribution in [2.75, 3.05) is 0 Å². The molecule has 68 valence electrons. The van der Waals surface area contributed by atoms with Gasteiger partial charge in [0.05, 0.1) is 0 Å². The van der Waals surface area contributed by atoms with Crippen molar-refractivity contribution in [3.8, 4) is 0 Å². The summed E-state index contributed by atoms with van der Waals surface area (Å²) in [5.41, 5.74) is 5.64. The Labute approximate surface area is 73.6 Å². The molecule has 1 heterocycles. The van der Waals surface area contributed by atoms with Crippen LogP contribution in [0.15, 0.2) is 12.4 Å². The predicted molar refractivity (Wildman–Crippen MR) is 49.8 cm³/mol. The van der Waals surface area contributed by atoms with Crippen molar-refractivity contribution in [2.24, 2.45) is 12.8 Å². The zero-order valence-corrected chi connectivity index (χ0v) is 7.83. The fraction of sp³-hybridized carbons (Fsp3) is 0.667. The zero-order chi connectivity index (χ0) is 8.97. The molecule has 0 aliphatic heterocycles. The van der Waals surface area contributed by atoms with Gasteiger partial charge < -0.3 is 10.3 Å². The summed E-state index contributed by atoms with van der Waals surface area (Å²) in [7, 11) is 2.02. The van der Waals surface area contributed by atoms with E-state index in [9.17, 15) is 0 Å². The van der Waals surface area contributed by atoms with Crippen LogP contribution in [-0.4, -0.2) is 15.6 Å². The number of aryl methyl sites for hydroxylation is 2. The van der Waals surface area contributed by atoms with Crippen molar-refractivity contribution in [1.29, 1.82) is 0 Å². The molecule has 0 radical (unpaired) electrons. The topological polar surface area (TPSA) is 43.8 Å². The van der Waals surface area contributed by atoms with Gasteiger partial charge in [-0.2, -0.15) is 0 Å². The highest BCUT2D eigenvalue weighted by Gasteiger charge is 1.99. The van der Waals surface area contributed by atoms with Gasteiger partial charge in [-0.1, -0.05) is 0 Å². The molecule has 3 nitrogen and oxygen atoms in total. The Morgan fingerprint density at radius 1 is 1.67 bits per heavy atom. The third-order valence-electron chi connectivity index (χ3n) is 1.98. The summed E-state index contributed by atoms with van der Waals surface area (Å²) >= 11 is 0. The first-order valence-corrected chi connectivity index (χ1v) is 4.42. The van der Waals surface area contributed by atoms with Gasteiger partial charge in [0.25, 0.3) is 0 Å². The number of hydrogen-bond donors (Lipinski definition) is 1. The maximum Gasteiger partial charge on any atom is 0.108 e. The highest BCUT2D eigenvalue weighted by atomic mass is 15.0.